The van der Waals surface area contributed by atoms with Crippen LogP contribution in [0.2, 0.25) is 10.0 Å². The molecular weight excluding hydrogens is 417 g/mol. The minimum atomic E-state index is -1.21. The van der Waals surface area contributed by atoms with E-state index in [1.165, 1.54) is 6.33 Å². The van der Waals surface area contributed by atoms with E-state index in [0.29, 0.717) is 21.2 Å². The first-order chi connectivity index (χ1) is 14.1. The van der Waals surface area contributed by atoms with Crippen molar-refractivity contribution in [1.29, 1.82) is 0 Å². The number of hydrogen-bond acceptors (Lipinski definition) is 6. The summed E-state index contributed by atoms with van der Waals surface area (Å²) in [6, 6.07) is 13.8. The lowest BCUT2D eigenvalue weighted by Crippen LogP contribution is -2.35. The highest BCUT2D eigenvalue weighted by atomic mass is 35.5. The number of rotatable bonds is 6. The number of hydrogen-bond donors (Lipinski definition) is 0. The first kappa shape index (κ1) is 19.8. The number of esters is 1. The smallest absolute Gasteiger partial charge is 0.338 e. The predicted molar refractivity (Wildman–Crippen MR) is 106 cm³/mol. The van der Waals surface area contributed by atoms with Gasteiger partial charge in [-0.2, -0.15) is 5.10 Å². The van der Waals surface area contributed by atoms with Gasteiger partial charge in [-0.25, -0.2) is 14.5 Å². The third-order valence-corrected chi connectivity index (χ3v) is 5.00. The SMILES string of the molecule is O=C(OCC1COC(Cn2cncn2)(c2ccc(Cl)cc2Cl)O1)c1ccccc1. The fourth-order valence-electron chi connectivity index (χ4n) is 3.11. The molecule has 0 spiro atoms. The number of aromatic nitrogens is 3. The van der Waals surface area contributed by atoms with Gasteiger partial charge in [-0.1, -0.05) is 47.5 Å². The average molecular weight is 434 g/mol. The van der Waals surface area contributed by atoms with Gasteiger partial charge in [0.05, 0.1) is 17.2 Å². The minimum absolute atomic E-state index is 0.0397. The molecule has 150 valence electrons. The molecule has 0 N–H and O–H groups in total. The van der Waals surface area contributed by atoms with E-state index in [9.17, 15) is 4.79 Å². The monoisotopic (exact) mass is 433 g/mol. The third kappa shape index (κ3) is 4.43. The Morgan fingerprint density at radius 2 is 2.07 bits per heavy atom. The van der Waals surface area contributed by atoms with Crippen molar-refractivity contribution in [2.45, 2.75) is 18.4 Å². The number of benzene rings is 2. The molecule has 0 aliphatic carbocycles. The Labute approximate surface area is 177 Å². The van der Waals surface area contributed by atoms with Crippen LogP contribution in [0, 0.1) is 0 Å². The lowest BCUT2D eigenvalue weighted by atomic mass is 10.1. The molecule has 1 fully saturated rings. The maximum Gasteiger partial charge on any atom is 0.338 e. The van der Waals surface area contributed by atoms with Crippen molar-refractivity contribution in [3.05, 3.63) is 82.4 Å². The molecule has 1 aromatic heterocycles. The molecule has 2 unspecified atom stereocenters. The number of carbonyl (C=O) groups excluding carboxylic acids is 1. The van der Waals surface area contributed by atoms with Crippen LogP contribution in [-0.2, 0) is 26.5 Å². The highest BCUT2D eigenvalue weighted by Crippen LogP contribution is 2.40. The van der Waals surface area contributed by atoms with Gasteiger partial charge in [0.2, 0.25) is 5.79 Å². The summed E-state index contributed by atoms with van der Waals surface area (Å²) >= 11 is 12.5. The van der Waals surface area contributed by atoms with E-state index < -0.39 is 17.9 Å². The van der Waals surface area contributed by atoms with Gasteiger partial charge in [-0.15, -0.1) is 0 Å². The molecule has 2 aromatic carbocycles. The van der Waals surface area contributed by atoms with E-state index in [2.05, 4.69) is 10.1 Å². The van der Waals surface area contributed by atoms with Crippen molar-refractivity contribution in [3.8, 4) is 0 Å². The Morgan fingerprint density at radius 1 is 1.24 bits per heavy atom. The number of nitrogens with zero attached hydrogens (tertiary/aromatic N) is 3. The minimum Gasteiger partial charge on any atom is -0.459 e. The summed E-state index contributed by atoms with van der Waals surface area (Å²) in [6.07, 6.45) is 2.50. The molecule has 1 saturated heterocycles. The highest BCUT2D eigenvalue weighted by Gasteiger charge is 2.45. The zero-order valence-corrected chi connectivity index (χ0v) is 16.7. The van der Waals surface area contributed by atoms with Crippen molar-refractivity contribution in [2.75, 3.05) is 13.2 Å². The standard InChI is InChI=1S/C20H17Cl2N3O4/c21-15-6-7-17(18(22)8-15)20(11-25-13-23-12-24-25)28-10-16(29-20)9-27-19(26)14-4-2-1-3-5-14/h1-8,12-13,16H,9-11H2. The molecule has 2 atom stereocenters. The number of carbonyl (C=O) groups is 1. The van der Waals surface area contributed by atoms with E-state index in [4.69, 9.17) is 37.4 Å². The van der Waals surface area contributed by atoms with Gasteiger partial charge in [-0.05, 0) is 24.3 Å². The molecule has 3 aromatic rings. The van der Waals surface area contributed by atoms with E-state index in [0.717, 1.165) is 0 Å². The van der Waals surface area contributed by atoms with Gasteiger partial charge < -0.3 is 14.2 Å². The molecule has 1 aliphatic rings. The Hall–Kier alpha value is -2.45. The van der Waals surface area contributed by atoms with Crippen molar-refractivity contribution in [3.63, 3.8) is 0 Å². The van der Waals surface area contributed by atoms with Crippen LogP contribution in [-0.4, -0.2) is 40.1 Å². The van der Waals surface area contributed by atoms with Crippen LogP contribution in [0.5, 0.6) is 0 Å². The van der Waals surface area contributed by atoms with Gasteiger partial charge in [0.15, 0.2) is 0 Å². The maximum absolute atomic E-state index is 12.2. The topological polar surface area (TPSA) is 75.5 Å². The molecule has 29 heavy (non-hydrogen) atoms. The first-order valence-electron chi connectivity index (χ1n) is 8.88. The largest absolute Gasteiger partial charge is 0.459 e. The normalized spacial score (nSPS) is 21.2. The van der Waals surface area contributed by atoms with Gasteiger partial charge >= 0.3 is 5.97 Å². The van der Waals surface area contributed by atoms with Crippen molar-refractivity contribution < 1.29 is 19.0 Å². The average Bonchev–Trinajstić information content (AvgIpc) is 3.37. The molecule has 0 bridgehead atoms. The Kier molecular flexibility index (Phi) is 5.82. The van der Waals surface area contributed by atoms with Crippen LogP contribution in [0.1, 0.15) is 15.9 Å². The summed E-state index contributed by atoms with van der Waals surface area (Å²) in [5.41, 5.74) is 1.08. The molecule has 0 amide bonds. The summed E-state index contributed by atoms with van der Waals surface area (Å²) in [5.74, 6) is -1.63. The van der Waals surface area contributed by atoms with Gasteiger partial charge in [-0.3, -0.25) is 0 Å². The lowest BCUT2D eigenvalue weighted by Gasteiger charge is -2.29. The zero-order valence-electron chi connectivity index (χ0n) is 15.2. The third-order valence-electron chi connectivity index (χ3n) is 4.45. The van der Waals surface area contributed by atoms with Crippen molar-refractivity contribution >= 4 is 29.2 Å². The summed E-state index contributed by atoms with van der Waals surface area (Å²) in [4.78, 5) is 16.2. The number of ether oxygens (including phenoxy) is 3. The molecule has 1 aliphatic heterocycles. The van der Waals surface area contributed by atoms with Crippen LogP contribution >= 0.6 is 23.2 Å². The molecule has 0 saturated carbocycles. The summed E-state index contributed by atoms with van der Waals surface area (Å²) < 4.78 is 19.2. The van der Waals surface area contributed by atoms with E-state index in [1.807, 2.05) is 6.07 Å². The maximum atomic E-state index is 12.2. The zero-order chi connectivity index (χ0) is 20.3. The van der Waals surface area contributed by atoms with Crippen LogP contribution in [0.4, 0.5) is 0 Å². The van der Waals surface area contributed by atoms with Crippen molar-refractivity contribution in [2.24, 2.45) is 0 Å². The molecule has 0 radical (unpaired) electrons. The quantitative estimate of drug-likeness (QED) is 0.551. The second-order valence-corrected chi connectivity index (χ2v) is 7.33. The second kappa shape index (κ2) is 8.51. The summed E-state index contributed by atoms with van der Waals surface area (Å²) in [6.45, 7) is 0.477. The van der Waals surface area contributed by atoms with Gasteiger partial charge in [0, 0.05) is 10.6 Å². The van der Waals surface area contributed by atoms with Gasteiger partial charge in [0.1, 0.15) is 31.9 Å². The van der Waals surface area contributed by atoms with E-state index >= 15 is 0 Å². The van der Waals surface area contributed by atoms with Gasteiger partial charge in [0.25, 0.3) is 0 Å². The predicted octanol–water partition coefficient (Wildman–Crippen LogP) is 3.71. The fraction of sp³-hybridized carbons (Fsp3) is 0.250. The molecule has 7 nitrogen and oxygen atoms in total. The highest BCUT2D eigenvalue weighted by molar-refractivity contribution is 6.35. The summed E-state index contributed by atoms with van der Waals surface area (Å²) in [7, 11) is 0. The van der Waals surface area contributed by atoms with Crippen LogP contribution in [0.3, 0.4) is 0 Å². The van der Waals surface area contributed by atoms with Crippen LogP contribution in [0.25, 0.3) is 0 Å². The van der Waals surface area contributed by atoms with E-state index in [1.54, 1.807) is 53.5 Å². The lowest BCUT2D eigenvalue weighted by molar-refractivity contribution is -0.191. The molecule has 2 heterocycles. The number of halogens is 2. The Balaban J connectivity index is 1.51. The van der Waals surface area contributed by atoms with Crippen molar-refractivity contribution in [1.82, 2.24) is 14.8 Å². The van der Waals surface area contributed by atoms with E-state index in [-0.39, 0.29) is 19.8 Å². The first-order valence-corrected chi connectivity index (χ1v) is 9.63. The molecule has 4 rings (SSSR count). The second-order valence-electron chi connectivity index (χ2n) is 6.49. The fourth-order valence-corrected chi connectivity index (χ4v) is 3.66. The van der Waals surface area contributed by atoms with Crippen LogP contribution in [0.15, 0.2) is 61.2 Å². The molecular formula is C20H17Cl2N3O4. The Bertz CT molecular complexity index is 985. The van der Waals surface area contributed by atoms with Crippen LogP contribution < -0.4 is 0 Å². The Morgan fingerprint density at radius 3 is 2.79 bits per heavy atom. The molecule has 9 heteroatoms. The summed E-state index contributed by atoms with van der Waals surface area (Å²) in [5, 5.41) is 5.03.